The Morgan fingerprint density at radius 2 is 1.82 bits per heavy atom. The summed E-state index contributed by atoms with van der Waals surface area (Å²) in [6.07, 6.45) is 5.50. The molecule has 0 aromatic heterocycles. The Morgan fingerprint density at radius 1 is 1.11 bits per heavy atom. The summed E-state index contributed by atoms with van der Waals surface area (Å²) in [6.45, 7) is 12.0. The fourth-order valence-electron chi connectivity index (χ4n) is 2.44. The number of hydrogen-bond donors (Lipinski definition) is 0. The van der Waals surface area contributed by atoms with Crippen molar-refractivity contribution >= 4 is 28.9 Å². The van der Waals surface area contributed by atoms with Crippen LogP contribution in [-0.4, -0.2) is 25.5 Å². The Labute approximate surface area is 179 Å². The van der Waals surface area contributed by atoms with Crippen LogP contribution in [0.5, 0.6) is 11.5 Å². The zero-order valence-corrected chi connectivity index (χ0v) is 19.2. The van der Waals surface area contributed by atoms with Gasteiger partial charge in [-0.05, 0) is 74.8 Å². The van der Waals surface area contributed by atoms with Gasteiger partial charge in [-0.15, -0.1) is 0 Å². The quantitative estimate of drug-likeness (QED) is 0.195. The number of ether oxygens (including phenoxy) is 2. The third-order valence-electron chi connectivity index (χ3n) is 4.36. The first-order valence-corrected chi connectivity index (χ1v) is 10.7. The van der Waals surface area contributed by atoms with Gasteiger partial charge < -0.3 is 14.3 Å². The largest absolute Gasteiger partial charge is 0.493 e. The van der Waals surface area contributed by atoms with Crippen LogP contribution < -0.4 is 9.47 Å². The average molecular weight is 430 g/mol. The molecule has 1 aromatic rings. The minimum absolute atomic E-state index is 0.208. The highest BCUT2D eigenvalue weighted by Gasteiger charge is 2.09. The molecule has 0 aliphatic heterocycles. The van der Waals surface area contributed by atoms with E-state index in [4.69, 9.17) is 37.5 Å². The van der Waals surface area contributed by atoms with Crippen molar-refractivity contribution < 1.29 is 14.3 Å². The van der Waals surface area contributed by atoms with Crippen molar-refractivity contribution in [2.45, 2.75) is 60.3 Å². The molecular formula is C22H33Cl2NO3. The highest BCUT2D eigenvalue weighted by Crippen LogP contribution is 2.30. The van der Waals surface area contributed by atoms with Gasteiger partial charge >= 0.3 is 0 Å². The molecule has 28 heavy (non-hydrogen) atoms. The molecule has 0 atom stereocenters. The summed E-state index contributed by atoms with van der Waals surface area (Å²) in [5.74, 6) is 2.17. The number of unbranched alkanes of at least 4 members (excludes halogenated alkanes) is 2. The van der Waals surface area contributed by atoms with E-state index in [2.05, 4.69) is 25.9 Å². The maximum absolute atomic E-state index is 6.05. The van der Waals surface area contributed by atoms with E-state index in [0.29, 0.717) is 25.7 Å². The Bertz CT molecular complexity index is 653. The summed E-state index contributed by atoms with van der Waals surface area (Å²) in [5, 5.41) is 4.12. The van der Waals surface area contributed by atoms with E-state index in [1.165, 1.54) is 0 Å². The van der Waals surface area contributed by atoms with Crippen molar-refractivity contribution in [2.75, 3.05) is 19.8 Å². The molecule has 0 aliphatic rings. The molecule has 0 heterocycles. The molecule has 0 saturated heterocycles. The van der Waals surface area contributed by atoms with Gasteiger partial charge in [0, 0.05) is 0 Å². The van der Waals surface area contributed by atoms with Gasteiger partial charge in [-0.25, -0.2) is 0 Å². The second-order valence-electron chi connectivity index (χ2n) is 7.02. The van der Waals surface area contributed by atoms with Crippen LogP contribution >= 0.6 is 23.2 Å². The van der Waals surface area contributed by atoms with Gasteiger partial charge in [0.1, 0.15) is 29.2 Å². The third kappa shape index (κ3) is 9.70. The zero-order chi connectivity index (χ0) is 20.9. The van der Waals surface area contributed by atoms with Gasteiger partial charge in [0.2, 0.25) is 0 Å². The Balaban J connectivity index is 2.41. The predicted octanol–water partition coefficient (Wildman–Crippen LogP) is 6.85. The van der Waals surface area contributed by atoms with Crippen LogP contribution in [0.2, 0.25) is 0 Å². The summed E-state index contributed by atoms with van der Waals surface area (Å²) in [5.41, 5.74) is 3.23. The van der Waals surface area contributed by atoms with Crippen LogP contribution in [0, 0.1) is 12.8 Å². The fourth-order valence-corrected chi connectivity index (χ4v) is 2.56. The standard InChI is InChI=1S/C22H33Cl2NO3/c1-6-19-15-20(26-13-10-21(23)24)14-17(4)22(19)27-11-8-7-9-12-28-25-18(5)16(2)3/h10,14-16H,6-9,11-13H2,1-5H3/b25-18+. The lowest BCUT2D eigenvalue weighted by atomic mass is 10.1. The van der Waals surface area contributed by atoms with Crippen LogP contribution in [0.4, 0.5) is 0 Å². The van der Waals surface area contributed by atoms with Crippen molar-refractivity contribution in [3.8, 4) is 11.5 Å². The van der Waals surface area contributed by atoms with E-state index in [1.807, 2.05) is 26.0 Å². The third-order valence-corrected chi connectivity index (χ3v) is 4.67. The van der Waals surface area contributed by atoms with Gasteiger partial charge in [-0.1, -0.05) is 49.1 Å². The minimum Gasteiger partial charge on any atom is -0.493 e. The van der Waals surface area contributed by atoms with Gasteiger partial charge in [0.15, 0.2) is 0 Å². The maximum atomic E-state index is 6.05. The first kappa shape index (κ1) is 24.6. The molecule has 6 heteroatoms. The second kappa shape index (κ2) is 13.7. The lowest BCUT2D eigenvalue weighted by Gasteiger charge is -2.15. The second-order valence-corrected chi connectivity index (χ2v) is 8.02. The molecule has 0 amide bonds. The van der Waals surface area contributed by atoms with Gasteiger partial charge in [-0.3, -0.25) is 0 Å². The molecule has 1 rings (SSSR count). The normalized spacial score (nSPS) is 11.5. The van der Waals surface area contributed by atoms with Gasteiger partial charge in [0.25, 0.3) is 0 Å². The van der Waals surface area contributed by atoms with Crippen LogP contribution in [0.1, 0.15) is 58.1 Å². The number of benzene rings is 1. The molecule has 0 saturated carbocycles. The van der Waals surface area contributed by atoms with Crippen molar-refractivity contribution in [1.82, 2.24) is 0 Å². The van der Waals surface area contributed by atoms with E-state index in [1.54, 1.807) is 6.08 Å². The molecule has 4 nitrogen and oxygen atoms in total. The van der Waals surface area contributed by atoms with Gasteiger partial charge in [0.05, 0.1) is 12.3 Å². The number of halogens is 2. The van der Waals surface area contributed by atoms with E-state index in [-0.39, 0.29) is 4.49 Å². The van der Waals surface area contributed by atoms with Crippen molar-refractivity contribution in [3.63, 3.8) is 0 Å². The predicted molar refractivity (Wildman–Crippen MR) is 119 cm³/mol. The molecule has 0 unspecified atom stereocenters. The molecule has 158 valence electrons. The van der Waals surface area contributed by atoms with Crippen LogP contribution in [-0.2, 0) is 11.3 Å². The first-order chi connectivity index (χ1) is 13.3. The first-order valence-electron chi connectivity index (χ1n) is 9.91. The maximum Gasteiger partial charge on any atom is 0.125 e. The number of oxime groups is 1. The topological polar surface area (TPSA) is 40.0 Å². The van der Waals surface area contributed by atoms with Crippen LogP contribution in [0.15, 0.2) is 27.9 Å². The molecular weight excluding hydrogens is 397 g/mol. The lowest BCUT2D eigenvalue weighted by Crippen LogP contribution is -2.04. The van der Waals surface area contributed by atoms with Crippen molar-refractivity contribution in [2.24, 2.45) is 11.1 Å². The summed E-state index contributed by atoms with van der Waals surface area (Å²) in [4.78, 5) is 5.35. The lowest BCUT2D eigenvalue weighted by molar-refractivity contribution is 0.137. The molecule has 0 spiro atoms. The fraction of sp³-hybridized carbons (Fsp3) is 0.591. The molecule has 0 aliphatic carbocycles. The van der Waals surface area contributed by atoms with E-state index >= 15 is 0 Å². The summed E-state index contributed by atoms with van der Waals surface area (Å²) in [6, 6.07) is 3.99. The smallest absolute Gasteiger partial charge is 0.125 e. The summed E-state index contributed by atoms with van der Waals surface area (Å²) in [7, 11) is 0. The summed E-state index contributed by atoms with van der Waals surface area (Å²) >= 11 is 11.2. The molecule has 0 fully saturated rings. The van der Waals surface area contributed by atoms with E-state index in [0.717, 1.165) is 54.0 Å². The SMILES string of the molecule is CCc1cc(OCC=C(Cl)Cl)cc(C)c1OCCCCCO/N=C(\C)C(C)C. The Hall–Kier alpha value is -1.39. The van der Waals surface area contributed by atoms with Crippen molar-refractivity contribution in [1.29, 1.82) is 0 Å². The van der Waals surface area contributed by atoms with Crippen LogP contribution in [0.3, 0.4) is 0 Å². The Kier molecular flexibility index (Phi) is 12.1. The molecule has 0 N–H and O–H groups in total. The van der Waals surface area contributed by atoms with E-state index < -0.39 is 0 Å². The van der Waals surface area contributed by atoms with Crippen LogP contribution in [0.25, 0.3) is 0 Å². The zero-order valence-electron chi connectivity index (χ0n) is 17.7. The average Bonchev–Trinajstić information content (AvgIpc) is 2.64. The highest BCUT2D eigenvalue weighted by atomic mass is 35.5. The highest BCUT2D eigenvalue weighted by molar-refractivity contribution is 6.55. The van der Waals surface area contributed by atoms with Crippen molar-refractivity contribution in [3.05, 3.63) is 33.8 Å². The number of aryl methyl sites for hydroxylation is 2. The van der Waals surface area contributed by atoms with E-state index in [9.17, 15) is 0 Å². The Morgan fingerprint density at radius 3 is 2.46 bits per heavy atom. The molecule has 0 radical (unpaired) electrons. The molecule has 0 bridgehead atoms. The number of hydrogen-bond acceptors (Lipinski definition) is 4. The minimum atomic E-state index is 0.208. The molecule has 1 aromatic carbocycles. The number of rotatable bonds is 13. The summed E-state index contributed by atoms with van der Waals surface area (Å²) < 4.78 is 11.9. The van der Waals surface area contributed by atoms with Gasteiger partial charge in [-0.2, -0.15) is 0 Å². The number of nitrogens with zero attached hydrogens (tertiary/aromatic N) is 1. The monoisotopic (exact) mass is 429 g/mol.